The van der Waals surface area contributed by atoms with Gasteiger partial charge in [0.1, 0.15) is 0 Å². The number of sulfonamides is 1. The van der Waals surface area contributed by atoms with Crippen molar-refractivity contribution in [3.05, 3.63) is 48.3 Å². The van der Waals surface area contributed by atoms with E-state index in [0.29, 0.717) is 5.69 Å². The van der Waals surface area contributed by atoms with E-state index in [2.05, 4.69) is 30.4 Å². The molecule has 168 valence electrons. The first-order valence-electron chi connectivity index (χ1n) is 8.92. The van der Waals surface area contributed by atoms with Gasteiger partial charge in [-0.1, -0.05) is 0 Å². The minimum atomic E-state index is -3.95. The molecule has 0 saturated carbocycles. The van der Waals surface area contributed by atoms with Gasteiger partial charge in [-0.15, -0.1) is 0 Å². The lowest BCUT2D eigenvalue weighted by molar-refractivity contribution is 0.0972. The average molecular weight is 478 g/mol. The summed E-state index contributed by atoms with van der Waals surface area (Å²) < 4.78 is 39.1. The molecular weight excluding hydrogens is 458 g/mol. The van der Waals surface area contributed by atoms with Crippen LogP contribution in [0.4, 0.5) is 11.5 Å². The van der Waals surface area contributed by atoms with Crippen LogP contribution in [0.5, 0.6) is 11.9 Å². The molecule has 14 heteroatoms. The molecule has 0 bridgehead atoms. The molecule has 2 aromatic heterocycles. The van der Waals surface area contributed by atoms with E-state index in [1.54, 1.807) is 19.3 Å². The monoisotopic (exact) mass is 477 g/mol. The van der Waals surface area contributed by atoms with Crippen LogP contribution >= 0.6 is 12.2 Å². The van der Waals surface area contributed by atoms with E-state index < -0.39 is 15.9 Å². The Bertz CT molecular complexity index is 1220. The molecule has 0 fully saturated rings. The Morgan fingerprint density at radius 1 is 1.09 bits per heavy atom. The smallest absolute Gasteiger partial charge is 0.321 e. The van der Waals surface area contributed by atoms with E-state index in [1.807, 2.05) is 0 Å². The van der Waals surface area contributed by atoms with Crippen molar-refractivity contribution in [1.29, 1.82) is 0 Å². The summed E-state index contributed by atoms with van der Waals surface area (Å²) >= 11 is 5.11. The SMILES string of the molecule is COc1cc(NS(=O)(=O)c2ccc(NC(=S)NC(=O)c3ccn(C)n3)cc2)nc(OC)n1. The van der Waals surface area contributed by atoms with Gasteiger partial charge in [-0.3, -0.25) is 19.5 Å². The molecule has 1 aromatic carbocycles. The maximum absolute atomic E-state index is 12.7. The zero-order valence-corrected chi connectivity index (χ0v) is 18.8. The van der Waals surface area contributed by atoms with Gasteiger partial charge in [0.15, 0.2) is 16.6 Å². The molecule has 12 nitrogen and oxygen atoms in total. The van der Waals surface area contributed by atoms with Gasteiger partial charge in [-0.05, 0) is 42.5 Å². The highest BCUT2D eigenvalue weighted by molar-refractivity contribution is 7.92. The number of aryl methyl sites for hydroxylation is 1. The standard InChI is InChI=1S/C18H19N7O5S2/c1-25-9-8-13(23-25)16(26)22-18(31)19-11-4-6-12(7-5-11)32(27,28)24-14-10-15(29-2)21-17(20-14)30-3/h4-10H,1-3H3,(H,20,21,24)(H2,19,22,26,31). The van der Waals surface area contributed by atoms with Crippen molar-refractivity contribution >= 4 is 44.8 Å². The number of ether oxygens (including phenoxy) is 2. The zero-order chi connectivity index (χ0) is 23.3. The van der Waals surface area contributed by atoms with Gasteiger partial charge in [0.2, 0.25) is 5.88 Å². The van der Waals surface area contributed by atoms with Crippen molar-refractivity contribution in [3.8, 4) is 11.9 Å². The van der Waals surface area contributed by atoms with Crippen molar-refractivity contribution in [3.63, 3.8) is 0 Å². The highest BCUT2D eigenvalue weighted by atomic mass is 32.2. The lowest BCUT2D eigenvalue weighted by Crippen LogP contribution is -2.34. The van der Waals surface area contributed by atoms with Crippen LogP contribution in [0.2, 0.25) is 0 Å². The third kappa shape index (κ3) is 5.67. The fraction of sp³-hybridized carbons (Fsp3) is 0.167. The molecule has 2 heterocycles. The number of thiocarbonyl (C=S) groups is 1. The lowest BCUT2D eigenvalue weighted by atomic mass is 10.3. The minimum Gasteiger partial charge on any atom is -0.481 e. The van der Waals surface area contributed by atoms with Crippen LogP contribution in [0.25, 0.3) is 0 Å². The highest BCUT2D eigenvalue weighted by Gasteiger charge is 2.17. The lowest BCUT2D eigenvalue weighted by Gasteiger charge is -2.11. The summed E-state index contributed by atoms with van der Waals surface area (Å²) in [4.78, 5) is 19.9. The number of nitrogens with zero attached hydrogens (tertiary/aromatic N) is 4. The molecule has 0 spiro atoms. The predicted octanol–water partition coefficient (Wildman–Crippen LogP) is 1.15. The number of hydrogen-bond donors (Lipinski definition) is 3. The van der Waals surface area contributed by atoms with Crippen molar-refractivity contribution in [2.75, 3.05) is 24.3 Å². The number of anilines is 2. The minimum absolute atomic E-state index is 0.0192. The van der Waals surface area contributed by atoms with Crippen LogP contribution in [0, 0.1) is 0 Å². The van der Waals surface area contributed by atoms with Crippen molar-refractivity contribution in [2.24, 2.45) is 7.05 Å². The number of hydrogen-bond acceptors (Lipinski definition) is 9. The molecule has 3 aromatic rings. The topological polar surface area (TPSA) is 149 Å². The van der Waals surface area contributed by atoms with E-state index in [9.17, 15) is 13.2 Å². The summed E-state index contributed by atoms with van der Waals surface area (Å²) in [5.41, 5.74) is 0.683. The molecule has 0 radical (unpaired) electrons. The quantitative estimate of drug-likeness (QED) is 0.423. The number of aromatic nitrogens is 4. The summed E-state index contributed by atoms with van der Waals surface area (Å²) in [5.74, 6) is -0.355. The van der Waals surface area contributed by atoms with Crippen LogP contribution in [0.15, 0.2) is 47.5 Å². The number of carbonyl (C=O) groups is 1. The Balaban J connectivity index is 1.66. The second kappa shape index (κ2) is 9.57. The normalized spacial score (nSPS) is 10.8. The third-order valence-corrected chi connectivity index (χ3v) is 5.48. The van der Waals surface area contributed by atoms with Crippen LogP contribution in [0.3, 0.4) is 0 Å². The number of benzene rings is 1. The summed E-state index contributed by atoms with van der Waals surface area (Å²) in [6.07, 6.45) is 1.63. The fourth-order valence-electron chi connectivity index (χ4n) is 2.43. The van der Waals surface area contributed by atoms with E-state index in [-0.39, 0.29) is 33.4 Å². The molecule has 0 unspecified atom stereocenters. The molecule has 0 saturated heterocycles. The number of methoxy groups -OCH3 is 2. The third-order valence-electron chi connectivity index (χ3n) is 3.91. The molecule has 1 amide bonds. The molecule has 3 rings (SSSR count). The van der Waals surface area contributed by atoms with Crippen molar-refractivity contribution in [2.45, 2.75) is 4.90 Å². The summed E-state index contributed by atoms with van der Waals surface area (Å²) in [6, 6.07) is 8.53. The second-order valence-electron chi connectivity index (χ2n) is 6.20. The van der Waals surface area contributed by atoms with Gasteiger partial charge in [0.05, 0.1) is 19.1 Å². The summed E-state index contributed by atoms with van der Waals surface area (Å²) in [6.45, 7) is 0. The van der Waals surface area contributed by atoms with Gasteiger partial charge >= 0.3 is 6.01 Å². The van der Waals surface area contributed by atoms with E-state index in [0.717, 1.165) is 0 Å². The maximum atomic E-state index is 12.7. The van der Waals surface area contributed by atoms with Crippen LogP contribution in [-0.4, -0.2) is 53.4 Å². The van der Waals surface area contributed by atoms with Crippen molar-refractivity contribution in [1.82, 2.24) is 25.1 Å². The number of rotatable bonds is 7. The number of amides is 1. The van der Waals surface area contributed by atoms with E-state index in [1.165, 1.54) is 49.2 Å². The first-order valence-corrected chi connectivity index (χ1v) is 10.8. The van der Waals surface area contributed by atoms with Gasteiger partial charge in [0.25, 0.3) is 15.9 Å². The Morgan fingerprint density at radius 2 is 1.81 bits per heavy atom. The van der Waals surface area contributed by atoms with Crippen molar-refractivity contribution < 1.29 is 22.7 Å². The molecule has 0 aliphatic carbocycles. The first-order chi connectivity index (χ1) is 15.2. The van der Waals surface area contributed by atoms with E-state index in [4.69, 9.17) is 21.7 Å². The molecular formula is C18H19N7O5S2. The summed E-state index contributed by atoms with van der Waals surface area (Å²) in [5, 5.41) is 9.32. The maximum Gasteiger partial charge on any atom is 0.321 e. The highest BCUT2D eigenvalue weighted by Crippen LogP contribution is 2.21. The Hall–Kier alpha value is -3.78. The molecule has 32 heavy (non-hydrogen) atoms. The van der Waals surface area contributed by atoms with Crippen LogP contribution < -0.4 is 24.8 Å². The van der Waals surface area contributed by atoms with Gasteiger partial charge in [0, 0.05) is 25.0 Å². The second-order valence-corrected chi connectivity index (χ2v) is 8.29. The average Bonchev–Trinajstić information content (AvgIpc) is 3.20. The first kappa shape index (κ1) is 22.9. The van der Waals surface area contributed by atoms with E-state index >= 15 is 0 Å². The zero-order valence-electron chi connectivity index (χ0n) is 17.2. The molecule has 3 N–H and O–H groups in total. The number of nitrogens with one attached hydrogen (secondary N) is 3. The van der Waals surface area contributed by atoms with Gasteiger partial charge in [-0.2, -0.15) is 15.1 Å². The van der Waals surface area contributed by atoms with Crippen LogP contribution in [0.1, 0.15) is 10.5 Å². The predicted molar refractivity (Wildman–Crippen MR) is 119 cm³/mol. The number of carbonyl (C=O) groups excluding carboxylic acids is 1. The fourth-order valence-corrected chi connectivity index (χ4v) is 3.63. The Labute approximate surface area is 189 Å². The molecule has 0 atom stereocenters. The Kier molecular flexibility index (Phi) is 6.85. The largest absolute Gasteiger partial charge is 0.481 e. The van der Waals surface area contributed by atoms with Crippen LogP contribution in [-0.2, 0) is 17.1 Å². The Morgan fingerprint density at radius 3 is 2.41 bits per heavy atom. The van der Waals surface area contributed by atoms with Gasteiger partial charge < -0.3 is 14.8 Å². The molecule has 0 aliphatic rings. The summed E-state index contributed by atoms with van der Waals surface area (Å²) in [7, 11) is 0.470. The van der Waals surface area contributed by atoms with Gasteiger partial charge in [-0.25, -0.2) is 8.42 Å². The molecule has 0 aliphatic heterocycles.